The number of rotatable bonds is 4. The van der Waals surface area contributed by atoms with Crippen LogP contribution in [-0.4, -0.2) is 14.9 Å². The van der Waals surface area contributed by atoms with Crippen LogP contribution in [0, 0.1) is 0 Å². The first kappa shape index (κ1) is 12.9. The zero-order chi connectivity index (χ0) is 13.9. The fraction of sp³-hybridized carbons (Fsp3) is 0.235. The van der Waals surface area contributed by atoms with Crippen LogP contribution in [0.25, 0.3) is 10.8 Å². The van der Waals surface area contributed by atoms with Gasteiger partial charge in [0.05, 0.1) is 12.3 Å². The zero-order valence-corrected chi connectivity index (χ0v) is 11.5. The molecule has 0 fully saturated rings. The van der Waals surface area contributed by atoms with Crippen molar-refractivity contribution in [2.45, 2.75) is 26.0 Å². The molecule has 0 radical (unpaired) electrons. The average Bonchev–Trinajstić information content (AvgIpc) is 2.94. The van der Waals surface area contributed by atoms with Crippen molar-refractivity contribution in [1.29, 1.82) is 0 Å². The molecule has 3 nitrogen and oxygen atoms in total. The summed E-state index contributed by atoms with van der Waals surface area (Å²) in [5.74, 6) is 0. The summed E-state index contributed by atoms with van der Waals surface area (Å²) < 4.78 is 1.88. The summed E-state index contributed by atoms with van der Waals surface area (Å²) in [4.78, 5) is 0. The summed E-state index contributed by atoms with van der Waals surface area (Å²) in [5.41, 5.74) is 2.04. The Hall–Kier alpha value is -2.13. The van der Waals surface area contributed by atoms with Gasteiger partial charge < -0.3 is 5.11 Å². The van der Waals surface area contributed by atoms with Crippen molar-refractivity contribution in [2.24, 2.45) is 0 Å². The molecule has 0 spiro atoms. The Morgan fingerprint density at radius 1 is 1.15 bits per heavy atom. The van der Waals surface area contributed by atoms with Crippen molar-refractivity contribution in [3.63, 3.8) is 0 Å². The molecule has 0 amide bonds. The Kier molecular flexibility index (Phi) is 3.52. The van der Waals surface area contributed by atoms with Crippen LogP contribution >= 0.6 is 0 Å². The normalized spacial score (nSPS) is 12.7. The molecule has 1 unspecified atom stereocenters. The van der Waals surface area contributed by atoms with Gasteiger partial charge >= 0.3 is 0 Å². The number of aliphatic hydroxyl groups excluding tert-OH is 1. The first-order valence-corrected chi connectivity index (χ1v) is 6.95. The summed E-state index contributed by atoms with van der Waals surface area (Å²) in [7, 11) is 0. The lowest BCUT2D eigenvalue weighted by atomic mass is 9.97. The van der Waals surface area contributed by atoms with E-state index < -0.39 is 6.10 Å². The van der Waals surface area contributed by atoms with Crippen LogP contribution in [0.3, 0.4) is 0 Å². The molecule has 3 heteroatoms. The van der Waals surface area contributed by atoms with Gasteiger partial charge in [-0.25, -0.2) is 0 Å². The van der Waals surface area contributed by atoms with Crippen LogP contribution in [0.2, 0.25) is 0 Å². The molecular formula is C17H18N2O. The molecule has 0 saturated carbocycles. The largest absolute Gasteiger partial charge is 0.388 e. The van der Waals surface area contributed by atoms with Gasteiger partial charge in [-0.1, -0.05) is 42.5 Å². The second-order valence-corrected chi connectivity index (χ2v) is 4.99. The minimum absolute atomic E-state index is 0.504. The fourth-order valence-corrected chi connectivity index (χ4v) is 2.56. The van der Waals surface area contributed by atoms with E-state index in [0.29, 0.717) is 6.42 Å². The fourth-order valence-electron chi connectivity index (χ4n) is 2.56. The minimum Gasteiger partial charge on any atom is -0.388 e. The van der Waals surface area contributed by atoms with Gasteiger partial charge in [0.1, 0.15) is 0 Å². The zero-order valence-electron chi connectivity index (χ0n) is 11.5. The van der Waals surface area contributed by atoms with E-state index in [1.807, 2.05) is 41.3 Å². The molecule has 20 heavy (non-hydrogen) atoms. The van der Waals surface area contributed by atoms with E-state index in [0.717, 1.165) is 28.4 Å². The molecule has 0 saturated heterocycles. The van der Waals surface area contributed by atoms with Crippen LogP contribution < -0.4 is 0 Å². The van der Waals surface area contributed by atoms with Crippen LogP contribution in [0.5, 0.6) is 0 Å². The van der Waals surface area contributed by atoms with Gasteiger partial charge in [-0.3, -0.25) is 4.68 Å². The lowest BCUT2D eigenvalue weighted by molar-refractivity contribution is 0.180. The van der Waals surface area contributed by atoms with Gasteiger partial charge in [-0.05, 0) is 28.8 Å². The van der Waals surface area contributed by atoms with Crippen molar-refractivity contribution < 1.29 is 5.11 Å². The molecule has 0 aliphatic rings. The number of hydrogen-bond acceptors (Lipinski definition) is 2. The standard InChI is InChI=1S/C17H18N2O/c1-2-19-12-13(11-18-19)10-17(20)16-9-5-7-14-6-3-4-8-15(14)16/h3-9,11-12,17,20H,2,10H2,1H3. The molecule has 1 heterocycles. The summed E-state index contributed by atoms with van der Waals surface area (Å²) >= 11 is 0. The van der Waals surface area contributed by atoms with Gasteiger partial charge in [0.25, 0.3) is 0 Å². The van der Waals surface area contributed by atoms with Crippen LogP contribution in [0.1, 0.15) is 24.2 Å². The molecule has 102 valence electrons. The van der Waals surface area contributed by atoms with E-state index in [-0.39, 0.29) is 0 Å². The number of aliphatic hydroxyl groups is 1. The van der Waals surface area contributed by atoms with E-state index in [1.165, 1.54) is 0 Å². The predicted molar refractivity (Wildman–Crippen MR) is 80.5 cm³/mol. The maximum absolute atomic E-state index is 10.5. The smallest absolute Gasteiger partial charge is 0.0837 e. The van der Waals surface area contributed by atoms with Gasteiger partial charge in [0, 0.05) is 19.2 Å². The highest BCUT2D eigenvalue weighted by Gasteiger charge is 2.12. The third kappa shape index (κ3) is 2.45. The summed E-state index contributed by atoms with van der Waals surface area (Å²) in [6.07, 6.45) is 3.91. The Morgan fingerprint density at radius 2 is 1.95 bits per heavy atom. The molecule has 3 rings (SSSR count). The summed E-state index contributed by atoms with van der Waals surface area (Å²) in [6, 6.07) is 14.2. The second-order valence-electron chi connectivity index (χ2n) is 4.99. The third-order valence-corrected chi connectivity index (χ3v) is 3.62. The first-order valence-electron chi connectivity index (χ1n) is 6.95. The topological polar surface area (TPSA) is 38.0 Å². The number of nitrogens with zero attached hydrogens (tertiary/aromatic N) is 2. The van der Waals surface area contributed by atoms with E-state index >= 15 is 0 Å². The van der Waals surface area contributed by atoms with Crippen molar-refractivity contribution in [1.82, 2.24) is 9.78 Å². The maximum atomic E-state index is 10.5. The molecule has 0 aliphatic carbocycles. The molecule has 3 aromatic rings. The van der Waals surface area contributed by atoms with Gasteiger partial charge in [0.2, 0.25) is 0 Å². The lowest BCUT2D eigenvalue weighted by Gasteiger charge is -2.13. The van der Waals surface area contributed by atoms with Crippen molar-refractivity contribution >= 4 is 10.8 Å². The Morgan fingerprint density at radius 3 is 2.75 bits per heavy atom. The van der Waals surface area contributed by atoms with Crippen molar-refractivity contribution in [2.75, 3.05) is 0 Å². The van der Waals surface area contributed by atoms with Gasteiger partial charge in [-0.2, -0.15) is 5.10 Å². The number of aryl methyl sites for hydroxylation is 1. The molecule has 0 aliphatic heterocycles. The second kappa shape index (κ2) is 5.47. The molecule has 1 atom stereocenters. The maximum Gasteiger partial charge on any atom is 0.0837 e. The van der Waals surface area contributed by atoms with E-state index in [4.69, 9.17) is 0 Å². The lowest BCUT2D eigenvalue weighted by Crippen LogP contribution is -2.02. The summed E-state index contributed by atoms with van der Waals surface area (Å²) in [6.45, 7) is 2.91. The highest BCUT2D eigenvalue weighted by atomic mass is 16.3. The summed E-state index contributed by atoms with van der Waals surface area (Å²) in [5, 5.41) is 17.0. The van der Waals surface area contributed by atoms with Gasteiger partial charge in [-0.15, -0.1) is 0 Å². The highest BCUT2D eigenvalue weighted by Crippen LogP contribution is 2.26. The Balaban J connectivity index is 1.90. The predicted octanol–water partition coefficient (Wildman–Crippen LogP) is 3.33. The minimum atomic E-state index is -0.504. The van der Waals surface area contributed by atoms with Crippen LogP contribution in [0.4, 0.5) is 0 Å². The third-order valence-electron chi connectivity index (χ3n) is 3.62. The molecule has 1 aromatic heterocycles. The molecule has 1 N–H and O–H groups in total. The molecule has 2 aromatic carbocycles. The number of aromatic nitrogens is 2. The number of fused-ring (bicyclic) bond motifs is 1. The van der Waals surface area contributed by atoms with E-state index in [2.05, 4.69) is 30.2 Å². The highest BCUT2D eigenvalue weighted by molar-refractivity contribution is 5.85. The van der Waals surface area contributed by atoms with Crippen LogP contribution in [0.15, 0.2) is 54.9 Å². The monoisotopic (exact) mass is 266 g/mol. The first-order chi connectivity index (χ1) is 9.78. The molecular weight excluding hydrogens is 248 g/mol. The quantitative estimate of drug-likeness (QED) is 0.786. The number of benzene rings is 2. The Bertz CT molecular complexity index is 712. The van der Waals surface area contributed by atoms with Crippen LogP contribution in [-0.2, 0) is 13.0 Å². The number of hydrogen-bond donors (Lipinski definition) is 1. The van der Waals surface area contributed by atoms with Crippen molar-refractivity contribution in [3.05, 3.63) is 66.0 Å². The van der Waals surface area contributed by atoms with E-state index in [9.17, 15) is 5.11 Å². The average molecular weight is 266 g/mol. The molecule has 0 bridgehead atoms. The van der Waals surface area contributed by atoms with E-state index in [1.54, 1.807) is 0 Å². The van der Waals surface area contributed by atoms with Gasteiger partial charge in [0.15, 0.2) is 0 Å². The van der Waals surface area contributed by atoms with Crippen molar-refractivity contribution in [3.8, 4) is 0 Å². The Labute approximate surface area is 118 Å². The SMILES string of the molecule is CCn1cc(CC(O)c2cccc3ccccc23)cn1.